The molecule has 0 atom stereocenters. The molecule has 0 aliphatic rings. The second-order valence-electron chi connectivity index (χ2n) is 7.46. The number of ether oxygens (including phenoxy) is 2. The third-order valence-electron chi connectivity index (χ3n) is 5.21. The van der Waals surface area contributed by atoms with Gasteiger partial charge in [-0.3, -0.25) is 0 Å². The average Bonchev–Trinajstić information content (AvgIpc) is 3.52. The van der Waals surface area contributed by atoms with Gasteiger partial charge in [0, 0.05) is 28.2 Å². The number of fused-ring (bicyclic) bond motifs is 1. The van der Waals surface area contributed by atoms with Crippen molar-refractivity contribution in [2.75, 3.05) is 11.9 Å². The Hall–Kier alpha value is -3.77. The fraction of sp³-hybridized carbons (Fsp3) is 0.148. The van der Waals surface area contributed by atoms with Crippen LogP contribution in [0.3, 0.4) is 0 Å². The van der Waals surface area contributed by atoms with E-state index in [-0.39, 0.29) is 0 Å². The van der Waals surface area contributed by atoms with Crippen LogP contribution < -0.4 is 14.8 Å². The third-order valence-corrected chi connectivity index (χ3v) is 6.06. The Morgan fingerprint density at radius 2 is 1.79 bits per heavy atom. The molecule has 0 fully saturated rings. The van der Waals surface area contributed by atoms with E-state index in [9.17, 15) is 0 Å². The van der Waals surface area contributed by atoms with Gasteiger partial charge in [0.2, 0.25) is 5.89 Å². The average molecular weight is 457 g/mol. The van der Waals surface area contributed by atoms with Gasteiger partial charge in [0.05, 0.1) is 6.61 Å². The van der Waals surface area contributed by atoms with Crippen LogP contribution in [0.25, 0.3) is 22.6 Å². The number of benzene rings is 3. The molecule has 33 heavy (non-hydrogen) atoms. The van der Waals surface area contributed by atoms with Crippen molar-refractivity contribution in [1.29, 1.82) is 0 Å². The highest BCUT2D eigenvalue weighted by molar-refractivity contribution is 7.09. The van der Waals surface area contributed by atoms with Gasteiger partial charge in [-0.15, -0.1) is 11.3 Å². The molecule has 1 N–H and O–H groups in total. The summed E-state index contributed by atoms with van der Waals surface area (Å²) in [4.78, 5) is 5.75. The topological polar surface area (TPSA) is 56.5 Å². The van der Waals surface area contributed by atoms with Crippen LogP contribution in [0.2, 0.25) is 0 Å². The van der Waals surface area contributed by atoms with Crippen LogP contribution >= 0.6 is 11.3 Å². The molecule has 3 aromatic carbocycles. The Bertz CT molecular complexity index is 1290. The Morgan fingerprint density at radius 1 is 0.909 bits per heavy atom. The minimum absolute atomic E-state index is 0.522. The van der Waals surface area contributed by atoms with Gasteiger partial charge in [0.25, 0.3) is 0 Å². The van der Waals surface area contributed by atoms with Crippen LogP contribution in [0.5, 0.6) is 11.5 Å². The van der Waals surface area contributed by atoms with E-state index in [1.165, 1.54) is 4.88 Å². The molecule has 0 bridgehead atoms. The molecule has 0 amide bonds. The molecule has 0 spiro atoms. The zero-order chi connectivity index (χ0) is 22.5. The Kier molecular flexibility index (Phi) is 6.26. The molecule has 0 unspecified atom stereocenters. The predicted octanol–water partition coefficient (Wildman–Crippen LogP) is 7.15. The molecule has 0 saturated carbocycles. The molecule has 166 valence electrons. The molecule has 0 saturated heterocycles. The lowest BCUT2D eigenvalue weighted by atomic mass is 10.1. The number of nitrogens with one attached hydrogen (secondary N) is 1. The predicted molar refractivity (Wildman–Crippen MR) is 133 cm³/mol. The zero-order valence-electron chi connectivity index (χ0n) is 18.3. The maximum absolute atomic E-state index is 6.18. The lowest BCUT2D eigenvalue weighted by molar-refractivity contribution is 0.269. The van der Waals surface area contributed by atoms with Crippen molar-refractivity contribution < 1.29 is 13.9 Å². The number of para-hydroxylation sites is 3. The van der Waals surface area contributed by atoms with Crippen molar-refractivity contribution in [2.45, 2.75) is 20.1 Å². The maximum Gasteiger partial charge on any atom is 0.227 e. The van der Waals surface area contributed by atoms with Crippen molar-refractivity contribution in [3.05, 3.63) is 94.7 Å². The lowest BCUT2D eigenvalue weighted by Crippen LogP contribution is -2.05. The summed E-state index contributed by atoms with van der Waals surface area (Å²) in [7, 11) is 0. The minimum Gasteiger partial charge on any atom is -0.490 e. The molecule has 0 aliphatic carbocycles. The van der Waals surface area contributed by atoms with Gasteiger partial charge >= 0.3 is 0 Å². The quantitative estimate of drug-likeness (QED) is 0.255. The molecule has 5 rings (SSSR count). The minimum atomic E-state index is 0.522. The molecule has 2 heterocycles. The fourth-order valence-electron chi connectivity index (χ4n) is 3.60. The van der Waals surface area contributed by atoms with Crippen LogP contribution in [-0.2, 0) is 13.2 Å². The van der Waals surface area contributed by atoms with Crippen LogP contribution in [0, 0.1) is 0 Å². The fourth-order valence-corrected chi connectivity index (χ4v) is 4.21. The van der Waals surface area contributed by atoms with Gasteiger partial charge in [0.15, 0.2) is 17.1 Å². The highest BCUT2D eigenvalue weighted by Gasteiger charge is 2.12. The summed E-state index contributed by atoms with van der Waals surface area (Å²) in [5, 5.41) is 5.54. The van der Waals surface area contributed by atoms with Crippen LogP contribution in [-0.4, -0.2) is 11.6 Å². The summed E-state index contributed by atoms with van der Waals surface area (Å²) in [6.45, 7) is 3.70. The standard InChI is InChI=1S/C27H24N2O3S/c1-2-30-25-11-5-7-20(26(25)31-18-22-8-6-16-33-22)17-28-21-14-12-19(13-15-21)27-29-23-9-3-4-10-24(23)32-27/h3-16,28H,2,17-18H2,1H3. The van der Waals surface area contributed by atoms with E-state index in [1.54, 1.807) is 11.3 Å². The molecule has 5 aromatic rings. The van der Waals surface area contributed by atoms with Crippen LogP contribution in [0.15, 0.2) is 88.7 Å². The van der Waals surface area contributed by atoms with Gasteiger partial charge in [-0.1, -0.05) is 30.3 Å². The molecule has 0 radical (unpaired) electrons. The molecular weight excluding hydrogens is 432 g/mol. The second-order valence-corrected chi connectivity index (χ2v) is 8.50. The van der Waals surface area contributed by atoms with Crippen LogP contribution in [0.1, 0.15) is 17.4 Å². The number of nitrogens with zero attached hydrogens (tertiary/aromatic N) is 1. The summed E-state index contributed by atoms with van der Waals surface area (Å²) in [6, 6.07) is 26.0. The Labute approximate surface area is 196 Å². The van der Waals surface area contributed by atoms with E-state index in [4.69, 9.17) is 13.9 Å². The highest BCUT2D eigenvalue weighted by Crippen LogP contribution is 2.33. The Morgan fingerprint density at radius 3 is 2.58 bits per heavy atom. The number of anilines is 1. The maximum atomic E-state index is 6.18. The van der Waals surface area contributed by atoms with Crippen molar-refractivity contribution in [3.63, 3.8) is 0 Å². The normalized spacial score (nSPS) is 10.9. The zero-order valence-corrected chi connectivity index (χ0v) is 19.1. The van der Waals surface area contributed by atoms with Gasteiger partial charge in [0.1, 0.15) is 12.1 Å². The smallest absolute Gasteiger partial charge is 0.227 e. The SMILES string of the molecule is CCOc1cccc(CNc2ccc(-c3nc4ccccc4o3)cc2)c1OCc1cccs1. The first-order valence-electron chi connectivity index (χ1n) is 10.9. The first-order valence-corrected chi connectivity index (χ1v) is 11.8. The number of thiophene rings is 1. The molecule has 5 nitrogen and oxygen atoms in total. The lowest BCUT2D eigenvalue weighted by Gasteiger charge is -2.16. The number of oxazole rings is 1. The summed E-state index contributed by atoms with van der Waals surface area (Å²) in [5.41, 5.74) is 4.63. The largest absolute Gasteiger partial charge is 0.490 e. The number of hydrogen-bond acceptors (Lipinski definition) is 6. The van der Waals surface area contributed by atoms with E-state index in [2.05, 4.69) is 27.8 Å². The van der Waals surface area contributed by atoms with E-state index in [0.29, 0.717) is 25.6 Å². The first-order chi connectivity index (χ1) is 16.3. The monoisotopic (exact) mass is 456 g/mol. The van der Waals surface area contributed by atoms with E-state index < -0.39 is 0 Å². The summed E-state index contributed by atoms with van der Waals surface area (Å²) < 4.78 is 17.9. The van der Waals surface area contributed by atoms with Crippen LogP contribution in [0.4, 0.5) is 5.69 Å². The molecule has 6 heteroatoms. The first kappa shape index (κ1) is 21.1. The summed E-state index contributed by atoms with van der Waals surface area (Å²) >= 11 is 1.68. The third kappa shape index (κ3) is 4.86. The van der Waals surface area contributed by atoms with Crippen molar-refractivity contribution in [2.24, 2.45) is 0 Å². The van der Waals surface area contributed by atoms with Crippen molar-refractivity contribution in [3.8, 4) is 23.0 Å². The van der Waals surface area contributed by atoms with E-state index in [0.717, 1.165) is 39.4 Å². The molecule has 0 aliphatic heterocycles. The summed E-state index contributed by atoms with van der Waals surface area (Å²) in [5.74, 6) is 2.17. The highest BCUT2D eigenvalue weighted by atomic mass is 32.1. The van der Waals surface area contributed by atoms with Crippen molar-refractivity contribution >= 4 is 28.1 Å². The van der Waals surface area contributed by atoms with E-state index in [1.807, 2.05) is 73.7 Å². The van der Waals surface area contributed by atoms with Gasteiger partial charge in [-0.25, -0.2) is 4.98 Å². The second kappa shape index (κ2) is 9.79. The van der Waals surface area contributed by atoms with E-state index >= 15 is 0 Å². The summed E-state index contributed by atoms with van der Waals surface area (Å²) in [6.07, 6.45) is 0. The van der Waals surface area contributed by atoms with Crippen molar-refractivity contribution in [1.82, 2.24) is 4.98 Å². The molecule has 2 aromatic heterocycles. The van der Waals surface area contributed by atoms with Gasteiger partial charge < -0.3 is 19.2 Å². The van der Waals surface area contributed by atoms with Gasteiger partial charge in [-0.2, -0.15) is 0 Å². The number of aromatic nitrogens is 1. The van der Waals surface area contributed by atoms with Gasteiger partial charge in [-0.05, 0) is 60.8 Å². The molecular formula is C27H24N2O3S. The Balaban J connectivity index is 1.30. The number of hydrogen-bond donors (Lipinski definition) is 1. The number of rotatable bonds is 9.